The van der Waals surface area contributed by atoms with Gasteiger partial charge in [0, 0.05) is 18.5 Å². The highest BCUT2D eigenvalue weighted by atomic mass is 79.9. The molecule has 0 saturated heterocycles. The summed E-state index contributed by atoms with van der Waals surface area (Å²) in [5.41, 5.74) is 5.59. The Labute approximate surface area is 136 Å². The van der Waals surface area contributed by atoms with Crippen molar-refractivity contribution in [3.63, 3.8) is 0 Å². The summed E-state index contributed by atoms with van der Waals surface area (Å²) in [7, 11) is 2.22. The molecule has 2 aromatic carbocycles. The molecular formula is C18H20BrNO. The summed E-state index contributed by atoms with van der Waals surface area (Å²) in [6.45, 7) is 1.03. The minimum Gasteiger partial charge on any atom is -0.508 e. The molecule has 2 aromatic rings. The number of aryl methyl sites for hydroxylation is 1. The molecule has 2 aliphatic rings. The van der Waals surface area contributed by atoms with Crippen molar-refractivity contribution in [3.8, 4) is 5.75 Å². The fourth-order valence-electron chi connectivity index (χ4n) is 3.99. The lowest BCUT2D eigenvalue weighted by Gasteiger charge is -2.44. The number of aromatic hydroxyl groups is 1. The molecular weight excluding hydrogens is 326 g/mol. The smallest absolute Gasteiger partial charge is 0.115 e. The van der Waals surface area contributed by atoms with Crippen LogP contribution in [0.25, 0.3) is 0 Å². The van der Waals surface area contributed by atoms with E-state index in [1.807, 2.05) is 12.1 Å². The SMILES string of the molecule is Br.CN1Cc2ccccc2[C@H]2c3cc(O)ccc3CC[C@@H]21. The molecule has 0 fully saturated rings. The van der Waals surface area contributed by atoms with Crippen LogP contribution in [-0.4, -0.2) is 23.1 Å². The highest BCUT2D eigenvalue weighted by Gasteiger charge is 2.37. The first kappa shape index (κ1) is 14.6. The van der Waals surface area contributed by atoms with E-state index in [2.05, 4.69) is 42.3 Å². The number of benzene rings is 2. The fourth-order valence-corrected chi connectivity index (χ4v) is 3.99. The summed E-state index contributed by atoms with van der Waals surface area (Å²) < 4.78 is 0. The molecule has 0 saturated carbocycles. The number of nitrogens with zero attached hydrogens (tertiary/aromatic N) is 1. The molecule has 2 nitrogen and oxygen atoms in total. The van der Waals surface area contributed by atoms with Crippen LogP contribution in [0.15, 0.2) is 42.5 Å². The van der Waals surface area contributed by atoms with Crippen molar-refractivity contribution in [2.75, 3.05) is 7.05 Å². The number of hydrogen-bond donors (Lipinski definition) is 1. The number of rotatable bonds is 0. The van der Waals surface area contributed by atoms with Gasteiger partial charge in [-0.25, -0.2) is 0 Å². The molecule has 0 spiro atoms. The van der Waals surface area contributed by atoms with Crippen LogP contribution >= 0.6 is 17.0 Å². The zero-order valence-corrected chi connectivity index (χ0v) is 13.8. The summed E-state index contributed by atoms with van der Waals surface area (Å²) in [6, 6.07) is 15.2. The van der Waals surface area contributed by atoms with Gasteiger partial charge in [-0.15, -0.1) is 17.0 Å². The molecule has 1 N–H and O–H groups in total. The molecule has 0 aromatic heterocycles. The number of likely N-dealkylation sites (N-methyl/N-ethyl adjacent to an activating group) is 1. The normalized spacial score (nSPS) is 23.5. The van der Waals surface area contributed by atoms with Gasteiger partial charge in [0.2, 0.25) is 0 Å². The van der Waals surface area contributed by atoms with E-state index in [0.29, 0.717) is 17.7 Å². The molecule has 0 bridgehead atoms. The summed E-state index contributed by atoms with van der Waals surface area (Å²) in [6.07, 6.45) is 2.32. The van der Waals surface area contributed by atoms with E-state index >= 15 is 0 Å². The monoisotopic (exact) mass is 345 g/mol. The Bertz CT molecular complexity index is 670. The first-order valence-electron chi connectivity index (χ1n) is 7.34. The maximum absolute atomic E-state index is 9.88. The van der Waals surface area contributed by atoms with E-state index in [0.717, 1.165) is 13.0 Å². The molecule has 2 atom stereocenters. The Morgan fingerprint density at radius 3 is 2.71 bits per heavy atom. The Morgan fingerprint density at radius 2 is 1.86 bits per heavy atom. The van der Waals surface area contributed by atoms with Crippen molar-refractivity contribution in [3.05, 3.63) is 64.7 Å². The second-order valence-corrected chi connectivity index (χ2v) is 6.08. The van der Waals surface area contributed by atoms with Gasteiger partial charge < -0.3 is 5.11 Å². The molecule has 1 heterocycles. The topological polar surface area (TPSA) is 23.5 Å². The lowest BCUT2D eigenvalue weighted by atomic mass is 9.72. The average molecular weight is 346 g/mol. The number of phenolic OH excluding ortho intramolecular Hbond substituents is 1. The number of phenols is 1. The summed E-state index contributed by atoms with van der Waals surface area (Å²) in [5, 5.41) is 9.88. The standard InChI is InChI=1S/C18H19NO.BrH/c1-19-11-13-4-2-3-5-15(13)18-16-10-14(20)8-6-12(16)7-9-17(18)19;/h2-6,8,10,17-18,20H,7,9,11H2,1H3;1H/t17-,18-;/m0./s1. The molecule has 0 amide bonds. The van der Waals surface area contributed by atoms with E-state index < -0.39 is 0 Å². The van der Waals surface area contributed by atoms with Crippen LogP contribution in [0.5, 0.6) is 5.75 Å². The Hall–Kier alpha value is -1.32. The van der Waals surface area contributed by atoms with Crippen molar-refractivity contribution in [1.29, 1.82) is 0 Å². The van der Waals surface area contributed by atoms with Gasteiger partial charge in [-0.1, -0.05) is 30.3 Å². The van der Waals surface area contributed by atoms with E-state index in [9.17, 15) is 5.11 Å². The van der Waals surface area contributed by atoms with Gasteiger partial charge in [0.1, 0.15) is 5.75 Å². The first-order valence-corrected chi connectivity index (χ1v) is 7.34. The highest BCUT2D eigenvalue weighted by molar-refractivity contribution is 8.93. The van der Waals surface area contributed by atoms with Gasteiger partial charge in [-0.05, 0) is 54.3 Å². The second-order valence-electron chi connectivity index (χ2n) is 6.08. The van der Waals surface area contributed by atoms with Crippen LogP contribution in [0.4, 0.5) is 0 Å². The third kappa shape index (κ3) is 2.29. The molecule has 1 aliphatic carbocycles. The van der Waals surface area contributed by atoms with Gasteiger partial charge in [0.25, 0.3) is 0 Å². The summed E-state index contributed by atoms with van der Waals surface area (Å²) >= 11 is 0. The molecule has 0 unspecified atom stereocenters. The van der Waals surface area contributed by atoms with Crippen molar-refractivity contribution in [1.82, 2.24) is 4.90 Å². The quantitative estimate of drug-likeness (QED) is 0.783. The van der Waals surface area contributed by atoms with Gasteiger partial charge in [-0.3, -0.25) is 4.90 Å². The minimum absolute atomic E-state index is 0. The third-order valence-corrected chi connectivity index (χ3v) is 4.93. The number of fused-ring (bicyclic) bond motifs is 5. The van der Waals surface area contributed by atoms with Crippen LogP contribution in [0.2, 0.25) is 0 Å². The molecule has 0 radical (unpaired) electrons. The average Bonchev–Trinajstić information content (AvgIpc) is 2.46. The Balaban J connectivity index is 0.00000132. The van der Waals surface area contributed by atoms with Crippen molar-refractivity contribution >= 4 is 17.0 Å². The number of halogens is 1. The summed E-state index contributed by atoms with van der Waals surface area (Å²) in [4.78, 5) is 2.47. The van der Waals surface area contributed by atoms with E-state index in [1.54, 1.807) is 0 Å². The highest BCUT2D eigenvalue weighted by Crippen LogP contribution is 2.44. The minimum atomic E-state index is 0. The van der Waals surface area contributed by atoms with Gasteiger partial charge in [-0.2, -0.15) is 0 Å². The predicted molar refractivity (Wildman–Crippen MR) is 90.3 cm³/mol. The maximum atomic E-state index is 9.88. The van der Waals surface area contributed by atoms with Crippen LogP contribution in [0.3, 0.4) is 0 Å². The van der Waals surface area contributed by atoms with E-state index in [4.69, 9.17) is 0 Å². The van der Waals surface area contributed by atoms with Crippen LogP contribution in [-0.2, 0) is 13.0 Å². The Morgan fingerprint density at radius 1 is 1.05 bits per heavy atom. The fraction of sp³-hybridized carbons (Fsp3) is 0.333. The molecule has 110 valence electrons. The number of hydrogen-bond acceptors (Lipinski definition) is 2. The zero-order valence-electron chi connectivity index (χ0n) is 12.1. The van der Waals surface area contributed by atoms with Crippen molar-refractivity contribution < 1.29 is 5.11 Å². The summed E-state index contributed by atoms with van der Waals surface area (Å²) in [5.74, 6) is 0.788. The van der Waals surface area contributed by atoms with E-state index in [-0.39, 0.29) is 17.0 Å². The zero-order chi connectivity index (χ0) is 13.7. The largest absolute Gasteiger partial charge is 0.508 e. The predicted octanol–water partition coefficient (Wildman–Crippen LogP) is 3.86. The van der Waals surface area contributed by atoms with Crippen molar-refractivity contribution in [2.24, 2.45) is 0 Å². The van der Waals surface area contributed by atoms with Gasteiger partial charge >= 0.3 is 0 Å². The molecule has 1 aliphatic heterocycles. The van der Waals surface area contributed by atoms with Gasteiger partial charge in [0.05, 0.1) is 0 Å². The lowest BCUT2D eigenvalue weighted by Crippen LogP contribution is -2.43. The molecule has 21 heavy (non-hydrogen) atoms. The lowest BCUT2D eigenvalue weighted by molar-refractivity contribution is 0.178. The first-order chi connectivity index (χ1) is 9.74. The molecule has 3 heteroatoms. The third-order valence-electron chi connectivity index (χ3n) is 4.93. The van der Waals surface area contributed by atoms with Crippen LogP contribution in [0, 0.1) is 0 Å². The van der Waals surface area contributed by atoms with Crippen LogP contribution in [0.1, 0.15) is 34.6 Å². The molecule has 4 rings (SSSR count). The second kappa shape index (κ2) is 5.47. The van der Waals surface area contributed by atoms with Crippen LogP contribution < -0.4 is 0 Å². The van der Waals surface area contributed by atoms with Gasteiger partial charge in [0.15, 0.2) is 0 Å². The maximum Gasteiger partial charge on any atom is 0.115 e. The van der Waals surface area contributed by atoms with Crippen molar-refractivity contribution in [2.45, 2.75) is 31.3 Å². The Kier molecular flexibility index (Phi) is 3.80. The van der Waals surface area contributed by atoms with E-state index in [1.165, 1.54) is 28.7 Å².